The Balaban J connectivity index is 1.92. The molecule has 0 fully saturated rings. The molecule has 1 aliphatic rings. The maximum atomic E-state index is 14.1. The van der Waals surface area contributed by atoms with Crippen molar-refractivity contribution in [3.8, 4) is 5.75 Å². The topological polar surface area (TPSA) is 42.4 Å². The number of hydrogen-bond acceptors (Lipinski definition) is 4. The highest BCUT2D eigenvalue weighted by atomic mass is 32.1. The van der Waals surface area contributed by atoms with Crippen molar-refractivity contribution in [2.45, 2.75) is 45.6 Å². The van der Waals surface area contributed by atoms with E-state index in [2.05, 4.69) is 6.92 Å². The van der Waals surface area contributed by atoms with E-state index in [-0.39, 0.29) is 23.3 Å². The third-order valence-corrected chi connectivity index (χ3v) is 5.89. The second kappa shape index (κ2) is 7.52. The first-order valence-corrected chi connectivity index (χ1v) is 9.55. The van der Waals surface area contributed by atoms with Gasteiger partial charge in [0.05, 0.1) is 33.8 Å². The molecule has 0 saturated carbocycles. The van der Waals surface area contributed by atoms with Gasteiger partial charge in [-0.25, -0.2) is 9.37 Å². The lowest BCUT2D eigenvalue weighted by atomic mass is 9.96. The van der Waals surface area contributed by atoms with E-state index in [1.165, 1.54) is 10.9 Å². The summed E-state index contributed by atoms with van der Waals surface area (Å²) in [4.78, 5) is 20.6. The third kappa shape index (κ3) is 3.40. The maximum Gasteiger partial charge on any atom is 0.258 e. The number of halogens is 1. The summed E-state index contributed by atoms with van der Waals surface area (Å²) in [5.74, 6) is -0.680. The van der Waals surface area contributed by atoms with Gasteiger partial charge >= 0.3 is 0 Å². The van der Waals surface area contributed by atoms with Gasteiger partial charge in [-0.3, -0.25) is 4.79 Å². The molecule has 0 saturated heterocycles. The number of para-hydroxylation sites is 1. The Morgan fingerprint density at radius 3 is 2.96 bits per heavy atom. The molecule has 0 bridgehead atoms. The SMILES string of the molecule is CCOc1c(F)cccc1C(=O)N(C)[C@H]1CCCc2nc(CC)sc21. The maximum absolute atomic E-state index is 14.1. The Kier molecular flexibility index (Phi) is 5.37. The molecule has 4 nitrogen and oxygen atoms in total. The van der Waals surface area contributed by atoms with Crippen molar-refractivity contribution in [1.82, 2.24) is 9.88 Å². The highest BCUT2D eigenvalue weighted by Crippen LogP contribution is 2.38. The number of rotatable bonds is 5. The summed E-state index contributed by atoms with van der Waals surface area (Å²) in [6, 6.07) is 4.48. The van der Waals surface area contributed by atoms with E-state index in [1.807, 2.05) is 0 Å². The van der Waals surface area contributed by atoms with E-state index < -0.39 is 5.82 Å². The van der Waals surface area contributed by atoms with Crippen molar-refractivity contribution in [2.24, 2.45) is 0 Å². The van der Waals surface area contributed by atoms with Crippen LogP contribution in [-0.2, 0) is 12.8 Å². The van der Waals surface area contributed by atoms with E-state index in [9.17, 15) is 9.18 Å². The lowest BCUT2D eigenvalue weighted by molar-refractivity contribution is 0.0712. The standard InChI is InChI=1S/C19H23FN2O2S/c1-4-16-21-14-10-7-11-15(18(14)25-16)22(3)19(23)12-8-6-9-13(20)17(12)24-5-2/h6,8-9,15H,4-5,7,10-11H2,1-3H3/t15-/m0/s1. The van der Waals surface area contributed by atoms with Crippen molar-refractivity contribution in [3.63, 3.8) is 0 Å². The van der Waals surface area contributed by atoms with Gasteiger partial charge in [0.15, 0.2) is 11.6 Å². The summed E-state index contributed by atoms with van der Waals surface area (Å²) in [5.41, 5.74) is 1.39. The van der Waals surface area contributed by atoms with Crippen LogP contribution >= 0.6 is 11.3 Å². The summed E-state index contributed by atoms with van der Waals surface area (Å²) in [5, 5.41) is 1.11. The molecule has 1 amide bonds. The number of amides is 1. The van der Waals surface area contributed by atoms with Crippen LogP contribution in [0.4, 0.5) is 4.39 Å². The fraction of sp³-hybridized carbons (Fsp3) is 0.474. The third-order valence-electron chi connectivity index (χ3n) is 4.54. The van der Waals surface area contributed by atoms with Crippen LogP contribution in [0.5, 0.6) is 5.75 Å². The predicted molar refractivity (Wildman–Crippen MR) is 96.8 cm³/mol. The first kappa shape index (κ1) is 17.9. The number of ether oxygens (including phenoxy) is 1. The molecule has 0 N–H and O–H groups in total. The fourth-order valence-electron chi connectivity index (χ4n) is 3.27. The minimum absolute atomic E-state index is 0.00760. The van der Waals surface area contributed by atoms with Crippen molar-refractivity contribution in [1.29, 1.82) is 0 Å². The van der Waals surface area contributed by atoms with E-state index in [4.69, 9.17) is 9.72 Å². The van der Waals surface area contributed by atoms with Crippen LogP contribution in [-0.4, -0.2) is 29.4 Å². The number of aromatic nitrogens is 1. The number of thiazole rings is 1. The van der Waals surface area contributed by atoms with E-state index in [1.54, 1.807) is 42.3 Å². The Hall–Kier alpha value is -1.95. The van der Waals surface area contributed by atoms with Crippen LogP contribution in [0, 0.1) is 5.82 Å². The highest BCUT2D eigenvalue weighted by Gasteiger charge is 2.31. The number of benzene rings is 1. The average Bonchev–Trinajstić information content (AvgIpc) is 3.05. The zero-order chi connectivity index (χ0) is 18.0. The quantitative estimate of drug-likeness (QED) is 0.792. The second-order valence-electron chi connectivity index (χ2n) is 6.15. The van der Waals surface area contributed by atoms with E-state index in [0.717, 1.165) is 36.4 Å². The summed E-state index contributed by atoms with van der Waals surface area (Å²) in [6.07, 6.45) is 3.78. The number of hydrogen-bond donors (Lipinski definition) is 0. The molecule has 0 unspecified atom stereocenters. The van der Waals surface area contributed by atoms with Gasteiger partial charge in [0.2, 0.25) is 0 Å². The summed E-state index contributed by atoms with van der Waals surface area (Å²) in [7, 11) is 1.79. The van der Waals surface area contributed by atoms with Gasteiger partial charge in [-0.05, 0) is 44.7 Å². The lowest BCUT2D eigenvalue weighted by Gasteiger charge is -2.31. The monoisotopic (exact) mass is 362 g/mol. The Bertz CT molecular complexity index is 775. The largest absolute Gasteiger partial charge is 0.490 e. The van der Waals surface area contributed by atoms with Gasteiger partial charge in [0.25, 0.3) is 5.91 Å². The van der Waals surface area contributed by atoms with Crippen LogP contribution in [0.1, 0.15) is 58.7 Å². The second-order valence-corrected chi connectivity index (χ2v) is 7.26. The van der Waals surface area contributed by atoms with E-state index in [0.29, 0.717) is 6.61 Å². The molecular weight excluding hydrogens is 339 g/mol. The molecule has 6 heteroatoms. The Morgan fingerprint density at radius 1 is 1.44 bits per heavy atom. The number of carbonyl (C=O) groups excluding carboxylic acids is 1. The van der Waals surface area contributed by atoms with Gasteiger partial charge in [-0.1, -0.05) is 13.0 Å². The Morgan fingerprint density at radius 2 is 2.24 bits per heavy atom. The average molecular weight is 362 g/mol. The molecule has 1 aliphatic carbocycles. The first-order chi connectivity index (χ1) is 12.1. The predicted octanol–water partition coefficient (Wildman–Crippen LogP) is 4.39. The van der Waals surface area contributed by atoms with Crippen molar-refractivity contribution < 1.29 is 13.9 Å². The molecule has 1 aromatic heterocycles. The van der Waals surface area contributed by atoms with Crippen LogP contribution in [0.2, 0.25) is 0 Å². The fourth-order valence-corrected chi connectivity index (χ4v) is 4.50. The van der Waals surface area contributed by atoms with Gasteiger partial charge < -0.3 is 9.64 Å². The van der Waals surface area contributed by atoms with Gasteiger partial charge in [-0.15, -0.1) is 11.3 Å². The molecule has 3 rings (SSSR count). The van der Waals surface area contributed by atoms with Gasteiger partial charge in [0.1, 0.15) is 0 Å². The smallest absolute Gasteiger partial charge is 0.258 e. The first-order valence-electron chi connectivity index (χ1n) is 8.73. The van der Waals surface area contributed by atoms with Crippen molar-refractivity contribution >= 4 is 17.2 Å². The normalized spacial score (nSPS) is 16.4. The summed E-state index contributed by atoms with van der Waals surface area (Å²) >= 11 is 1.69. The lowest BCUT2D eigenvalue weighted by Crippen LogP contribution is -2.33. The molecule has 0 aliphatic heterocycles. The zero-order valence-electron chi connectivity index (χ0n) is 14.8. The Labute approximate surface area is 151 Å². The van der Waals surface area contributed by atoms with Gasteiger partial charge in [0, 0.05) is 7.05 Å². The number of carbonyl (C=O) groups is 1. The molecule has 1 heterocycles. The summed E-state index contributed by atoms with van der Waals surface area (Å²) in [6.45, 7) is 4.18. The van der Waals surface area contributed by atoms with Crippen LogP contribution in [0.25, 0.3) is 0 Å². The molecule has 0 spiro atoms. The zero-order valence-corrected chi connectivity index (χ0v) is 15.7. The molecule has 1 atom stereocenters. The molecular formula is C19H23FN2O2S. The minimum Gasteiger partial charge on any atom is -0.490 e. The molecule has 1 aromatic carbocycles. The number of fused-ring (bicyclic) bond motifs is 1. The molecule has 25 heavy (non-hydrogen) atoms. The van der Waals surface area contributed by atoms with Crippen LogP contribution < -0.4 is 4.74 Å². The van der Waals surface area contributed by atoms with Gasteiger partial charge in [-0.2, -0.15) is 0 Å². The van der Waals surface area contributed by atoms with Crippen LogP contribution in [0.3, 0.4) is 0 Å². The van der Waals surface area contributed by atoms with Crippen molar-refractivity contribution in [2.75, 3.05) is 13.7 Å². The molecule has 0 radical (unpaired) electrons. The van der Waals surface area contributed by atoms with Crippen molar-refractivity contribution in [3.05, 3.63) is 45.2 Å². The van der Waals surface area contributed by atoms with E-state index >= 15 is 0 Å². The number of aryl methyl sites for hydroxylation is 2. The minimum atomic E-state index is -0.503. The summed E-state index contributed by atoms with van der Waals surface area (Å²) < 4.78 is 19.5. The number of nitrogens with zero attached hydrogens (tertiary/aromatic N) is 2. The molecule has 134 valence electrons. The molecule has 2 aromatic rings. The highest BCUT2D eigenvalue weighted by molar-refractivity contribution is 7.11. The van der Waals surface area contributed by atoms with Crippen LogP contribution in [0.15, 0.2) is 18.2 Å².